The van der Waals surface area contributed by atoms with Gasteiger partial charge in [0.05, 0.1) is 9.79 Å². The lowest BCUT2D eigenvalue weighted by Gasteiger charge is -2.26. The normalized spacial score (nSPS) is 13.6. The molecule has 4 aromatic rings. The highest BCUT2D eigenvalue weighted by Crippen LogP contribution is 2.49. The number of sulfone groups is 2. The number of aryl methyl sites for hydroxylation is 2. The maximum atomic E-state index is 13.7. The molecule has 0 N–H and O–H groups in total. The van der Waals surface area contributed by atoms with Crippen LogP contribution in [0.15, 0.2) is 114 Å². The summed E-state index contributed by atoms with van der Waals surface area (Å²) in [4.78, 5) is 30.8. The van der Waals surface area contributed by atoms with Crippen LogP contribution in [0.1, 0.15) is 59.5 Å². The quantitative estimate of drug-likeness (QED) is 0.155. The van der Waals surface area contributed by atoms with Gasteiger partial charge in [0.25, 0.3) is 0 Å². The fraction of sp³-hybridized carbons (Fsp3) is 0.235. The van der Waals surface area contributed by atoms with Gasteiger partial charge in [0, 0.05) is 30.7 Å². The molecule has 0 aromatic heterocycles. The zero-order valence-corrected chi connectivity index (χ0v) is 28.4. The van der Waals surface area contributed by atoms with E-state index in [4.69, 9.17) is 0 Å². The summed E-state index contributed by atoms with van der Waals surface area (Å²) in [5, 5.41) is 0. The highest BCUT2D eigenvalue weighted by molar-refractivity contribution is 8.05. The molecule has 0 radical (unpaired) electrons. The van der Waals surface area contributed by atoms with Gasteiger partial charge in [-0.2, -0.15) is 0 Å². The number of carbonyl (C=O) groups is 2. The van der Waals surface area contributed by atoms with Gasteiger partial charge in [0.1, 0.15) is 9.49 Å². The largest absolute Gasteiger partial charge is 0.292 e. The summed E-state index contributed by atoms with van der Waals surface area (Å²) in [6, 6.07) is 23.1. The molecule has 0 atom stereocenters. The van der Waals surface area contributed by atoms with Crippen LogP contribution >= 0.6 is 23.5 Å². The van der Waals surface area contributed by atoms with Gasteiger partial charge in [-0.25, -0.2) is 16.8 Å². The SMILES string of the molecule is Cc1ccc(S(=O)(=O)C(C)(C)C(=O)c2ccc3c(c2)Sc2cc(C(=O)C(C)(C)S(=O)(=O)c4ccc(C)cc4)ccc2S3)cc1. The van der Waals surface area contributed by atoms with Crippen molar-refractivity contribution in [2.75, 3.05) is 0 Å². The standard InChI is InChI=1S/C34H32O6S4/c1-21-7-13-25(14-8-21)43(37,38)33(3,4)31(35)23-11-17-27-29(19-23)42-30-20-24(12-18-28(30)41-27)32(36)34(5,6)44(39,40)26-15-9-22(2)10-16-26/h7-20H,1-6H3. The second-order valence-corrected chi connectivity index (χ2v) is 19.0. The van der Waals surface area contributed by atoms with Crippen molar-refractivity contribution in [1.29, 1.82) is 0 Å². The number of fused-ring (bicyclic) bond motifs is 2. The van der Waals surface area contributed by atoms with Crippen molar-refractivity contribution in [3.63, 3.8) is 0 Å². The van der Waals surface area contributed by atoms with Crippen LogP contribution in [0.5, 0.6) is 0 Å². The van der Waals surface area contributed by atoms with E-state index in [9.17, 15) is 26.4 Å². The number of benzene rings is 4. The third-order valence-electron chi connectivity index (χ3n) is 7.95. The molecule has 1 aliphatic heterocycles. The lowest BCUT2D eigenvalue weighted by atomic mass is 10.0. The van der Waals surface area contributed by atoms with Gasteiger partial charge >= 0.3 is 0 Å². The average Bonchev–Trinajstić information content (AvgIpc) is 2.98. The van der Waals surface area contributed by atoms with Crippen LogP contribution in [0.4, 0.5) is 0 Å². The van der Waals surface area contributed by atoms with E-state index in [0.29, 0.717) is 0 Å². The summed E-state index contributed by atoms with van der Waals surface area (Å²) in [6.45, 7) is 9.41. The van der Waals surface area contributed by atoms with Gasteiger partial charge in [-0.05, 0) is 90.1 Å². The number of hydrogen-bond acceptors (Lipinski definition) is 8. The Labute approximate surface area is 267 Å². The van der Waals surface area contributed by atoms with Crippen LogP contribution in [-0.2, 0) is 19.7 Å². The lowest BCUT2D eigenvalue weighted by Crippen LogP contribution is -2.40. The van der Waals surface area contributed by atoms with E-state index in [1.165, 1.54) is 75.5 Å². The first-order valence-electron chi connectivity index (χ1n) is 13.8. The Morgan fingerprint density at radius 1 is 0.500 bits per heavy atom. The maximum Gasteiger partial charge on any atom is 0.190 e. The van der Waals surface area contributed by atoms with Crippen LogP contribution in [0.25, 0.3) is 0 Å². The van der Waals surface area contributed by atoms with Gasteiger partial charge in [0.15, 0.2) is 31.2 Å². The van der Waals surface area contributed by atoms with Crippen molar-refractivity contribution < 1.29 is 26.4 Å². The fourth-order valence-corrected chi connectivity index (χ4v) is 9.99. The van der Waals surface area contributed by atoms with Crippen molar-refractivity contribution in [1.82, 2.24) is 0 Å². The van der Waals surface area contributed by atoms with Crippen molar-refractivity contribution in [2.45, 2.75) is 80.4 Å². The zero-order chi connectivity index (χ0) is 32.2. The molecular weight excluding hydrogens is 633 g/mol. The summed E-state index contributed by atoms with van der Waals surface area (Å²) >= 11 is 2.82. The Balaban J connectivity index is 1.43. The lowest BCUT2D eigenvalue weighted by molar-refractivity contribution is 0.0946. The third-order valence-corrected chi connectivity index (χ3v) is 15.3. The highest BCUT2D eigenvalue weighted by atomic mass is 32.2. The summed E-state index contributed by atoms with van der Waals surface area (Å²) < 4.78 is 50.5. The number of ketones is 2. The summed E-state index contributed by atoms with van der Waals surface area (Å²) in [5.41, 5.74) is 2.36. The first kappa shape index (κ1) is 32.2. The molecule has 0 bridgehead atoms. The molecule has 10 heteroatoms. The minimum atomic E-state index is -3.98. The summed E-state index contributed by atoms with van der Waals surface area (Å²) in [6.07, 6.45) is 0. The van der Waals surface area contributed by atoms with Crippen molar-refractivity contribution in [2.24, 2.45) is 0 Å². The molecule has 0 spiro atoms. The first-order chi connectivity index (χ1) is 20.5. The minimum absolute atomic E-state index is 0.0859. The Morgan fingerprint density at radius 2 is 0.818 bits per heavy atom. The van der Waals surface area contributed by atoms with Gasteiger partial charge in [-0.3, -0.25) is 9.59 Å². The van der Waals surface area contributed by atoms with E-state index in [1.807, 2.05) is 13.8 Å². The molecule has 0 saturated carbocycles. The predicted molar refractivity (Wildman–Crippen MR) is 175 cm³/mol. The number of hydrogen-bond donors (Lipinski definition) is 0. The fourth-order valence-electron chi connectivity index (χ4n) is 4.83. The molecule has 0 unspecified atom stereocenters. The van der Waals surface area contributed by atoms with Crippen LogP contribution in [0.2, 0.25) is 0 Å². The third kappa shape index (κ3) is 5.46. The number of rotatable bonds is 8. The zero-order valence-electron chi connectivity index (χ0n) is 25.2. The molecule has 0 saturated heterocycles. The summed E-state index contributed by atoms with van der Waals surface area (Å²) in [5.74, 6) is -1.05. The van der Waals surface area contributed by atoms with Crippen molar-refractivity contribution in [3.8, 4) is 0 Å². The van der Waals surface area contributed by atoms with E-state index < -0.39 is 40.7 Å². The van der Waals surface area contributed by atoms with Gasteiger partial charge in [-0.1, -0.05) is 71.0 Å². The molecule has 6 nitrogen and oxygen atoms in total. The Bertz CT molecular complexity index is 1880. The van der Waals surface area contributed by atoms with Crippen LogP contribution in [-0.4, -0.2) is 37.9 Å². The molecule has 4 aromatic carbocycles. The Kier molecular flexibility index (Phi) is 8.29. The Hall–Kier alpha value is -3.18. The molecule has 5 rings (SSSR count). The van der Waals surface area contributed by atoms with E-state index in [-0.39, 0.29) is 20.9 Å². The van der Waals surface area contributed by atoms with Gasteiger partial charge in [-0.15, -0.1) is 0 Å². The van der Waals surface area contributed by atoms with E-state index >= 15 is 0 Å². The molecule has 0 aliphatic carbocycles. The van der Waals surface area contributed by atoms with Crippen LogP contribution in [0, 0.1) is 13.8 Å². The van der Waals surface area contributed by atoms with Gasteiger partial charge < -0.3 is 0 Å². The molecule has 1 heterocycles. The monoisotopic (exact) mass is 664 g/mol. The average molecular weight is 665 g/mol. The van der Waals surface area contributed by atoms with Crippen molar-refractivity contribution >= 4 is 54.8 Å². The van der Waals surface area contributed by atoms with Crippen LogP contribution in [0.3, 0.4) is 0 Å². The number of carbonyl (C=O) groups excluding carboxylic acids is 2. The van der Waals surface area contributed by atoms with E-state index in [0.717, 1.165) is 30.7 Å². The molecule has 44 heavy (non-hydrogen) atoms. The van der Waals surface area contributed by atoms with Crippen molar-refractivity contribution in [3.05, 3.63) is 107 Å². The maximum absolute atomic E-state index is 13.7. The topological polar surface area (TPSA) is 102 Å². The molecular formula is C34H32O6S4. The van der Waals surface area contributed by atoms with Gasteiger partial charge in [0.2, 0.25) is 0 Å². The van der Waals surface area contributed by atoms with Crippen LogP contribution < -0.4 is 0 Å². The van der Waals surface area contributed by atoms with E-state index in [2.05, 4.69) is 0 Å². The summed E-state index contributed by atoms with van der Waals surface area (Å²) in [7, 11) is -7.97. The Morgan fingerprint density at radius 3 is 1.16 bits per heavy atom. The first-order valence-corrected chi connectivity index (χ1v) is 18.4. The smallest absolute Gasteiger partial charge is 0.190 e. The minimum Gasteiger partial charge on any atom is -0.292 e. The second kappa shape index (κ2) is 11.3. The number of Topliss-reactive ketones (excluding diaryl/α,β-unsaturated/α-hetero) is 2. The molecule has 0 amide bonds. The predicted octanol–water partition coefficient (Wildman–Crippen LogP) is 7.79. The van der Waals surface area contributed by atoms with E-state index in [1.54, 1.807) is 60.7 Å². The molecule has 0 fully saturated rings. The molecule has 228 valence electrons. The second-order valence-electron chi connectivity index (χ2n) is 11.8. The molecule has 1 aliphatic rings. The highest BCUT2D eigenvalue weighted by Gasteiger charge is 2.44.